The Kier molecular flexibility index (Phi) is 6.26. The fourth-order valence-electron chi connectivity index (χ4n) is 2.54. The zero-order valence-electron chi connectivity index (χ0n) is 14.6. The van der Waals surface area contributed by atoms with Crippen LogP contribution in [0, 0.1) is 5.82 Å². The van der Waals surface area contributed by atoms with E-state index < -0.39 is 23.6 Å². The van der Waals surface area contributed by atoms with Gasteiger partial charge in [0.15, 0.2) is 0 Å². The molecule has 1 aliphatic heterocycles. The summed E-state index contributed by atoms with van der Waals surface area (Å²) in [7, 11) is 2.57. The Balaban J connectivity index is 1.91. The molecule has 1 aliphatic rings. The molecule has 0 spiro atoms. The van der Waals surface area contributed by atoms with Crippen LogP contribution >= 0.6 is 0 Å². The van der Waals surface area contributed by atoms with Gasteiger partial charge in [0.1, 0.15) is 5.82 Å². The van der Waals surface area contributed by atoms with E-state index in [9.17, 15) is 23.6 Å². The van der Waals surface area contributed by atoms with E-state index in [1.165, 1.54) is 18.0 Å². The molecule has 1 saturated heterocycles. The number of carbonyl (C=O) groups excluding carboxylic acids is 4. The van der Waals surface area contributed by atoms with Crippen LogP contribution in [-0.4, -0.2) is 67.3 Å². The summed E-state index contributed by atoms with van der Waals surface area (Å²) in [6, 6.07) is 3.38. The number of nitrogens with zero attached hydrogens (tertiary/aromatic N) is 2. The number of hydrogen-bond donors (Lipinski definition) is 1. The molecule has 8 nitrogen and oxygen atoms in total. The number of methoxy groups -OCH3 is 1. The van der Waals surface area contributed by atoms with Crippen molar-refractivity contribution in [1.82, 2.24) is 9.80 Å². The van der Waals surface area contributed by atoms with Crippen molar-refractivity contribution < 1.29 is 28.3 Å². The summed E-state index contributed by atoms with van der Waals surface area (Å²) in [4.78, 5) is 49.8. The Morgan fingerprint density at radius 3 is 2.65 bits per heavy atom. The van der Waals surface area contributed by atoms with Crippen molar-refractivity contribution in [2.45, 2.75) is 12.8 Å². The van der Waals surface area contributed by atoms with E-state index in [4.69, 9.17) is 0 Å². The smallest absolute Gasteiger partial charge is 0.340 e. The van der Waals surface area contributed by atoms with Crippen LogP contribution in [0.5, 0.6) is 0 Å². The van der Waals surface area contributed by atoms with Crippen LogP contribution in [0.4, 0.5) is 10.1 Å². The largest absolute Gasteiger partial charge is 0.465 e. The third kappa shape index (κ3) is 4.56. The highest BCUT2D eigenvalue weighted by atomic mass is 19.1. The first-order valence-electron chi connectivity index (χ1n) is 8.05. The summed E-state index contributed by atoms with van der Waals surface area (Å²) in [6.45, 7) is 1.23. The van der Waals surface area contributed by atoms with Crippen LogP contribution in [0.3, 0.4) is 0 Å². The van der Waals surface area contributed by atoms with Gasteiger partial charge < -0.3 is 19.9 Å². The predicted octanol–water partition coefficient (Wildman–Crippen LogP) is 0.632. The average Bonchev–Trinajstić information content (AvgIpc) is 3.03. The second-order valence-corrected chi connectivity index (χ2v) is 5.85. The number of nitrogens with one attached hydrogen (secondary N) is 1. The van der Waals surface area contributed by atoms with Gasteiger partial charge in [-0.2, -0.15) is 0 Å². The van der Waals surface area contributed by atoms with Gasteiger partial charge in [0.05, 0.1) is 12.7 Å². The Labute approximate surface area is 149 Å². The fraction of sp³-hybridized carbons (Fsp3) is 0.412. The number of hydrogen-bond acceptors (Lipinski definition) is 5. The molecule has 1 heterocycles. The van der Waals surface area contributed by atoms with Crippen molar-refractivity contribution >= 4 is 29.4 Å². The lowest BCUT2D eigenvalue weighted by molar-refractivity contribution is -0.142. The van der Waals surface area contributed by atoms with Crippen molar-refractivity contribution in [2.75, 3.05) is 39.1 Å². The van der Waals surface area contributed by atoms with Crippen molar-refractivity contribution in [3.63, 3.8) is 0 Å². The van der Waals surface area contributed by atoms with E-state index in [0.29, 0.717) is 19.5 Å². The minimum absolute atomic E-state index is 0.0384. The van der Waals surface area contributed by atoms with E-state index in [2.05, 4.69) is 10.1 Å². The average molecular weight is 365 g/mol. The topological polar surface area (TPSA) is 96.0 Å². The van der Waals surface area contributed by atoms with Crippen molar-refractivity contribution in [1.29, 1.82) is 0 Å². The van der Waals surface area contributed by atoms with E-state index >= 15 is 0 Å². The van der Waals surface area contributed by atoms with Gasteiger partial charge in [-0.1, -0.05) is 0 Å². The Bertz CT molecular complexity index is 737. The number of likely N-dealkylation sites (tertiary alicyclic amines) is 1. The Morgan fingerprint density at radius 2 is 2.08 bits per heavy atom. The Morgan fingerprint density at radius 1 is 1.35 bits per heavy atom. The molecule has 1 fully saturated rings. The summed E-state index contributed by atoms with van der Waals surface area (Å²) in [5, 5.41) is 2.28. The first-order chi connectivity index (χ1) is 12.3. The lowest BCUT2D eigenvalue weighted by atomic mass is 10.2. The second kappa shape index (κ2) is 8.41. The molecule has 0 aromatic heterocycles. The normalized spacial score (nSPS) is 13.5. The van der Waals surface area contributed by atoms with E-state index in [1.807, 2.05) is 0 Å². The number of amides is 3. The third-order valence-electron chi connectivity index (χ3n) is 4.05. The van der Waals surface area contributed by atoms with Gasteiger partial charge in [-0.15, -0.1) is 0 Å². The molecule has 2 rings (SSSR count). The first kappa shape index (κ1) is 19.4. The molecule has 0 unspecified atom stereocenters. The van der Waals surface area contributed by atoms with E-state index in [-0.39, 0.29) is 23.7 Å². The number of carbonyl (C=O) groups is 4. The summed E-state index contributed by atoms with van der Waals surface area (Å²) in [5.41, 5.74) is -0.235. The maximum absolute atomic E-state index is 13.8. The molecular weight excluding hydrogens is 345 g/mol. The highest BCUT2D eigenvalue weighted by Gasteiger charge is 2.23. The Hall–Kier alpha value is -2.97. The SMILES string of the molecule is COC(=O)c1ccc(NC(=O)C(=O)N(C)CCN2CCCC2=O)cc1F. The minimum Gasteiger partial charge on any atom is -0.465 e. The quantitative estimate of drug-likeness (QED) is 0.610. The maximum atomic E-state index is 13.8. The fourth-order valence-corrected chi connectivity index (χ4v) is 2.54. The molecule has 0 bridgehead atoms. The van der Waals surface area contributed by atoms with Gasteiger partial charge in [0.2, 0.25) is 5.91 Å². The summed E-state index contributed by atoms with van der Waals surface area (Å²) in [6.07, 6.45) is 1.30. The van der Waals surface area contributed by atoms with Crippen LogP contribution in [0.2, 0.25) is 0 Å². The van der Waals surface area contributed by atoms with Crippen molar-refractivity contribution in [3.05, 3.63) is 29.6 Å². The molecule has 140 valence electrons. The first-order valence-corrected chi connectivity index (χ1v) is 8.05. The van der Waals surface area contributed by atoms with Crippen molar-refractivity contribution in [2.24, 2.45) is 0 Å². The van der Waals surface area contributed by atoms with Crippen molar-refractivity contribution in [3.8, 4) is 0 Å². The zero-order valence-corrected chi connectivity index (χ0v) is 14.6. The summed E-state index contributed by atoms with van der Waals surface area (Å²) < 4.78 is 18.3. The van der Waals surface area contributed by atoms with Crippen LogP contribution in [0.15, 0.2) is 18.2 Å². The number of likely N-dealkylation sites (N-methyl/N-ethyl adjacent to an activating group) is 1. The number of halogens is 1. The summed E-state index contributed by atoms with van der Waals surface area (Å²) in [5.74, 6) is -3.42. The van der Waals surface area contributed by atoms with Gasteiger partial charge in [0.25, 0.3) is 0 Å². The van der Waals surface area contributed by atoms with Gasteiger partial charge in [0, 0.05) is 38.8 Å². The molecule has 0 radical (unpaired) electrons. The lowest BCUT2D eigenvalue weighted by Gasteiger charge is -2.21. The number of benzene rings is 1. The summed E-state index contributed by atoms with van der Waals surface area (Å²) >= 11 is 0. The molecule has 9 heteroatoms. The molecule has 3 amide bonds. The molecule has 0 saturated carbocycles. The molecule has 1 aromatic rings. The predicted molar refractivity (Wildman–Crippen MR) is 89.8 cm³/mol. The maximum Gasteiger partial charge on any atom is 0.340 e. The molecule has 0 aliphatic carbocycles. The second-order valence-electron chi connectivity index (χ2n) is 5.85. The van der Waals surface area contributed by atoms with E-state index in [1.54, 1.807) is 4.90 Å². The van der Waals surface area contributed by atoms with Gasteiger partial charge in [-0.05, 0) is 24.6 Å². The molecule has 0 atom stereocenters. The molecule has 1 aromatic carbocycles. The highest BCUT2D eigenvalue weighted by molar-refractivity contribution is 6.39. The molecular formula is C17H20FN3O5. The van der Waals surface area contributed by atoms with Crippen LogP contribution < -0.4 is 5.32 Å². The monoisotopic (exact) mass is 365 g/mol. The standard InChI is InChI=1S/C17H20FN3O5/c1-20(8-9-21-7-3-4-14(21)22)16(24)15(23)19-11-5-6-12(13(18)10-11)17(25)26-2/h5-6,10H,3-4,7-9H2,1-2H3,(H,19,23). The molecule has 1 N–H and O–H groups in total. The van der Waals surface area contributed by atoms with E-state index in [0.717, 1.165) is 25.7 Å². The number of rotatable bonds is 5. The van der Waals surface area contributed by atoms with Crippen LogP contribution in [0.25, 0.3) is 0 Å². The highest BCUT2D eigenvalue weighted by Crippen LogP contribution is 2.15. The number of esters is 1. The molecule has 26 heavy (non-hydrogen) atoms. The minimum atomic E-state index is -0.939. The van der Waals surface area contributed by atoms with Gasteiger partial charge >= 0.3 is 17.8 Å². The number of ether oxygens (including phenoxy) is 1. The third-order valence-corrected chi connectivity index (χ3v) is 4.05. The zero-order chi connectivity index (χ0) is 19.3. The van der Waals surface area contributed by atoms with Crippen LogP contribution in [-0.2, 0) is 19.1 Å². The van der Waals surface area contributed by atoms with Crippen LogP contribution in [0.1, 0.15) is 23.2 Å². The van der Waals surface area contributed by atoms with Gasteiger partial charge in [-0.3, -0.25) is 14.4 Å². The number of anilines is 1. The van der Waals surface area contributed by atoms with Gasteiger partial charge in [-0.25, -0.2) is 9.18 Å². The lowest BCUT2D eigenvalue weighted by Crippen LogP contribution is -2.41.